The number of carbonyl (C=O) groups excluding carboxylic acids is 2. The van der Waals surface area contributed by atoms with Gasteiger partial charge in [0.15, 0.2) is 8.32 Å². The summed E-state index contributed by atoms with van der Waals surface area (Å²) in [6.45, 7) is 10.2. The number of methoxy groups -OCH3 is 2. The second-order valence-electron chi connectivity index (χ2n) is 5.36. The van der Waals surface area contributed by atoms with Crippen molar-refractivity contribution in [2.45, 2.75) is 38.9 Å². The molecule has 0 amide bonds. The van der Waals surface area contributed by atoms with E-state index in [1.54, 1.807) is 0 Å². The van der Waals surface area contributed by atoms with Gasteiger partial charge < -0.3 is 19.0 Å². The van der Waals surface area contributed by atoms with Crippen LogP contribution in [0.15, 0.2) is 0 Å². The molecular weight excluding hydrogens is 268 g/mol. The molecule has 0 spiro atoms. The molecular formula is C12H26O6Si. The molecule has 0 aliphatic carbocycles. The van der Waals surface area contributed by atoms with Crippen LogP contribution in [0.25, 0.3) is 0 Å². The molecule has 1 N–H and O–H groups in total. The summed E-state index contributed by atoms with van der Waals surface area (Å²) in [6.07, 6.45) is 0. The number of hydrogen-bond acceptors (Lipinski definition) is 6. The quantitative estimate of drug-likeness (QED) is 0.622. The van der Waals surface area contributed by atoms with E-state index < -0.39 is 20.9 Å². The highest BCUT2D eigenvalue weighted by atomic mass is 28.4. The molecule has 0 heterocycles. The van der Waals surface area contributed by atoms with Gasteiger partial charge in [-0.05, 0) is 18.1 Å². The molecule has 0 rings (SSSR count). The predicted octanol–water partition coefficient (Wildman–Crippen LogP) is 1.33. The van der Waals surface area contributed by atoms with E-state index in [0.29, 0.717) is 0 Å². The fraction of sp³-hybridized carbons (Fsp3) is 0.833. The molecule has 6 nitrogen and oxygen atoms in total. The average Bonchev–Trinajstić information content (AvgIpc) is 2.34. The molecule has 19 heavy (non-hydrogen) atoms. The maximum Gasteiger partial charge on any atom is 0.331 e. The molecule has 0 saturated carbocycles. The van der Waals surface area contributed by atoms with Crippen LogP contribution in [0.2, 0.25) is 18.1 Å². The third kappa shape index (κ3) is 9.63. The topological polar surface area (TPSA) is 82.1 Å². The van der Waals surface area contributed by atoms with Crippen LogP contribution in [0.1, 0.15) is 20.8 Å². The molecule has 0 aromatic rings. The van der Waals surface area contributed by atoms with Gasteiger partial charge in [-0.15, -0.1) is 0 Å². The van der Waals surface area contributed by atoms with Gasteiger partial charge in [0.05, 0.1) is 14.2 Å². The van der Waals surface area contributed by atoms with Crippen LogP contribution in [0.3, 0.4) is 0 Å². The first-order chi connectivity index (χ1) is 8.51. The summed E-state index contributed by atoms with van der Waals surface area (Å²) >= 11 is 0. The highest BCUT2D eigenvalue weighted by Crippen LogP contribution is 2.36. The lowest BCUT2D eigenvalue weighted by molar-refractivity contribution is -0.144. The normalized spacial score (nSPS) is 11.2. The maximum absolute atomic E-state index is 10.9. The lowest BCUT2D eigenvalue weighted by atomic mass is 10.2. The zero-order chi connectivity index (χ0) is 15.7. The van der Waals surface area contributed by atoms with Crippen molar-refractivity contribution in [3.8, 4) is 0 Å². The van der Waals surface area contributed by atoms with Crippen LogP contribution in [0.4, 0.5) is 0 Å². The summed E-state index contributed by atoms with van der Waals surface area (Å²) in [6, 6.07) is 0. The Labute approximate surface area is 116 Å². The Morgan fingerprint density at radius 2 is 1.47 bits per heavy atom. The smallest absolute Gasteiger partial charge is 0.331 e. The number of ether oxygens (including phenoxy) is 2. The van der Waals surface area contributed by atoms with Gasteiger partial charge >= 0.3 is 11.9 Å². The zero-order valence-corrected chi connectivity index (χ0v) is 13.9. The Bertz CT molecular complexity index is 276. The minimum atomic E-state index is -1.78. The molecule has 0 aromatic carbocycles. The zero-order valence-electron chi connectivity index (χ0n) is 12.9. The molecule has 0 radical (unpaired) electrons. The Hall–Kier alpha value is -0.923. The van der Waals surface area contributed by atoms with E-state index in [1.807, 2.05) is 0 Å². The number of rotatable bonds is 4. The third-order valence-electron chi connectivity index (χ3n) is 2.94. The number of esters is 2. The summed E-state index contributed by atoms with van der Waals surface area (Å²) in [5, 5.41) is 8.00. The lowest BCUT2D eigenvalue weighted by Crippen LogP contribution is -2.42. The minimum Gasteiger partial charge on any atom is -0.467 e. The number of aliphatic hydroxyl groups is 1. The highest BCUT2D eigenvalue weighted by molar-refractivity contribution is 6.74. The van der Waals surface area contributed by atoms with Crippen LogP contribution < -0.4 is 0 Å². The summed E-state index contributed by atoms with van der Waals surface area (Å²) in [4.78, 5) is 20.6. The van der Waals surface area contributed by atoms with Crippen LogP contribution in [0, 0.1) is 0 Å². The van der Waals surface area contributed by atoms with Gasteiger partial charge in [-0.3, -0.25) is 0 Å². The lowest BCUT2D eigenvalue weighted by Gasteiger charge is -2.35. The summed E-state index contributed by atoms with van der Waals surface area (Å²) in [5.41, 5.74) is 0. The van der Waals surface area contributed by atoms with Gasteiger partial charge in [0.25, 0.3) is 0 Å². The monoisotopic (exact) mass is 294 g/mol. The van der Waals surface area contributed by atoms with E-state index in [4.69, 9.17) is 9.53 Å². The molecule has 7 heteroatoms. The van der Waals surface area contributed by atoms with Crippen LogP contribution >= 0.6 is 0 Å². The van der Waals surface area contributed by atoms with E-state index >= 15 is 0 Å². The van der Waals surface area contributed by atoms with Gasteiger partial charge in [-0.1, -0.05) is 20.8 Å². The van der Waals surface area contributed by atoms with Crippen molar-refractivity contribution in [3.05, 3.63) is 0 Å². The Balaban J connectivity index is 0. The van der Waals surface area contributed by atoms with Crippen molar-refractivity contribution in [1.29, 1.82) is 0 Å². The van der Waals surface area contributed by atoms with Crippen LogP contribution in [-0.2, 0) is 23.5 Å². The first kappa shape index (κ1) is 20.4. The van der Waals surface area contributed by atoms with Crippen LogP contribution in [-0.4, -0.2) is 52.8 Å². The largest absolute Gasteiger partial charge is 0.467 e. The van der Waals surface area contributed by atoms with Gasteiger partial charge in [-0.25, -0.2) is 9.59 Å². The van der Waals surface area contributed by atoms with E-state index in [-0.39, 0.29) is 17.6 Å². The summed E-state index contributed by atoms with van der Waals surface area (Å²) < 4.78 is 14.1. The first-order valence-electron chi connectivity index (χ1n) is 5.90. The summed E-state index contributed by atoms with van der Waals surface area (Å²) in [7, 11) is 0.808. The number of aliphatic hydroxyl groups excluding tert-OH is 1. The molecule has 0 aliphatic rings. The van der Waals surface area contributed by atoms with Crippen molar-refractivity contribution in [2.75, 3.05) is 27.4 Å². The molecule has 0 unspecified atom stereocenters. The Morgan fingerprint density at radius 1 is 1.05 bits per heavy atom. The van der Waals surface area contributed by atoms with Gasteiger partial charge in [-0.2, -0.15) is 0 Å². The van der Waals surface area contributed by atoms with Crippen molar-refractivity contribution in [1.82, 2.24) is 0 Å². The van der Waals surface area contributed by atoms with Crippen molar-refractivity contribution < 1.29 is 28.6 Å². The second-order valence-corrected chi connectivity index (χ2v) is 10.2. The molecule has 0 aromatic heterocycles. The standard InChI is InChI=1S/C9H20O3Si.C3H6O3/c1-9(2,3)13(5,6)12-7-8(10)11-4;1-6-3(5)2-4/h7H2,1-6H3;4H,2H2,1H3. The predicted molar refractivity (Wildman–Crippen MR) is 74.3 cm³/mol. The Kier molecular flexibility index (Phi) is 9.72. The van der Waals surface area contributed by atoms with Crippen LogP contribution in [0.5, 0.6) is 0 Å². The molecule has 114 valence electrons. The van der Waals surface area contributed by atoms with Gasteiger partial charge in [0.2, 0.25) is 0 Å². The molecule has 0 aliphatic heterocycles. The van der Waals surface area contributed by atoms with E-state index in [9.17, 15) is 9.59 Å². The number of carbonyl (C=O) groups is 2. The highest BCUT2D eigenvalue weighted by Gasteiger charge is 2.37. The van der Waals surface area contributed by atoms with Gasteiger partial charge in [0.1, 0.15) is 13.2 Å². The fourth-order valence-corrected chi connectivity index (χ4v) is 1.49. The first-order valence-corrected chi connectivity index (χ1v) is 8.81. The van der Waals surface area contributed by atoms with Crippen molar-refractivity contribution in [2.24, 2.45) is 0 Å². The molecule has 0 atom stereocenters. The minimum absolute atomic E-state index is 0.0764. The summed E-state index contributed by atoms with van der Waals surface area (Å²) in [5.74, 6) is -0.903. The molecule has 0 fully saturated rings. The average molecular weight is 294 g/mol. The SMILES string of the molecule is COC(=O)CO.COC(=O)CO[Si](C)(C)C(C)(C)C. The molecule has 0 bridgehead atoms. The maximum atomic E-state index is 10.9. The van der Waals surface area contributed by atoms with Crippen molar-refractivity contribution >= 4 is 20.3 Å². The van der Waals surface area contributed by atoms with Gasteiger partial charge in [0, 0.05) is 0 Å². The second kappa shape index (κ2) is 9.06. The van der Waals surface area contributed by atoms with E-state index in [0.717, 1.165) is 0 Å². The third-order valence-corrected chi connectivity index (χ3v) is 7.42. The van der Waals surface area contributed by atoms with Crippen molar-refractivity contribution in [3.63, 3.8) is 0 Å². The Morgan fingerprint density at radius 3 is 1.68 bits per heavy atom. The number of hydrogen-bond donors (Lipinski definition) is 1. The van der Waals surface area contributed by atoms with E-state index in [1.165, 1.54) is 14.2 Å². The van der Waals surface area contributed by atoms with E-state index in [2.05, 4.69) is 43.3 Å². The fourth-order valence-electron chi connectivity index (χ4n) is 0.579. The molecule has 0 saturated heterocycles.